The molecule has 4 rings (SSSR count). The van der Waals surface area contributed by atoms with Crippen LogP contribution >= 0.6 is 11.3 Å². The second kappa shape index (κ2) is 7.14. The van der Waals surface area contributed by atoms with Crippen LogP contribution in [0.25, 0.3) is 21.3 Å². The van der Waals surface area contributed by atoms with E-state index in [2.05, 4.69) is 4.98 Å². The number of sulfone groups is 1. The van der Waals surface area contributed by atoms with Gasteiger partial charge in [0.1, 0.15) is 11.4 Å². The fourth-order valence-corrected chi connectivity index (χ4v) is 6.13. The lowest BCUT2D eigenvalue weighted by molar-refractivity contribution is -0.132. The van der Waals surface area contributed by atoms with Crippen LogP contribution in [0.1, 0.15) is 6.42 Å². The molecule has 2 aromatic heterocycles. The van der Waals surface area contributed by atoms with Crippen molar-refractivity contribution in [2.75, 3.05) is 18.6 Å². The van der Waals surface area contributed by atoms with Crippen molar-refractivity contribution in [2.45, 2.75) is 19.0 Å². The first-order valence-corrected chi connectivity index (χ1v) is 11.5. The topological polar surface area (TPSA) is 89.3 Å². The summed E-state index contributed by atoms with van der Waals surface area (Å²) < 4.78 is 24.6. The number of aromatic nitrogens is 2. The minimum atomic E-state index is -3.09. The van der Waals surface area contributed by atoms with Gasteiger partial charge < -0.3 is 4.90 Å². The van der Waals surface area contributed by atoms with Gasteiger partial charge in [-0.2, -0.15) is 0 Å². The maximum Gasteiger partial charge on any atom is 0.263 e. The highest BCUT2D eigenvalue weighted by Crippen LogP contribution is 2.30. The number of thiophene rings is 1. The van der Waals surface area contributed by atoms with Gasteiger partial charge in [0.05, 0.1) is 23.2 Å². The second-order valence-electron chi connectivity index (χ2n) is 6.93. The maximum absolute atomic E-state index is 13.0. The van der Waals surface area contributed by atoms with Crippen LogP contribution in [0, 0.1) is 0 Å². The third-order valence-electron chi connectivity index (χ3n) is 5.10. The van der Waals surface area contributed by atoms with Crippen molar-refractivity contribution < 1.29 is 13.2 Å². The molecule has 9 heteroatoms. The van der Waals surface area contributed by atoms with Crippen molar-refractivity contribution in [2.24, 2.45) is 0 Å². The van der Waals surface area contributed by atoms with Crippen LogP contribution in [-0.4, -0.2) is 53.4 Å². The van der Waals surface area contributed by atoms with Crippen molar-refractivity contribution in [1.29, 1.82) is 0 Å². The fourth-order valence-electron chi connectivity index (χ4n) is 3.45. The van der Waals surface area contributed by atoms with E-state index in [1.165, 1.54) is 27.1 Å². The van der Waals surface area contributed by atoms with Gasteiger partial charge in [-0.1, -0.05) is 30.3 Å². The van der Waals surface area contributed by atoms with E-state index in [4.69, 9.17) is 0 Å². The van der Waals surface area contributed by atoms with Crippen molar-refractivity contribution in [3.63, 3.8) is 0 Å². The van der Waals surface area contributed by atoms with Gasteiger partial charge in [-0.3, -0.25) is 14.2 Å². The van der Waals surface area contributed by atoms with Crippen LogP contribution in [0.2, 0.25) is 0 Å². The summed E-state index contributed by atoms with van der Waals surface area (Å²) in [6.45, 7) is -0.168. The lowest BCUT2D eigenvalue weighted by Gasteiger charge is -2.23. The van der Waals surface area contributed by atoms with E-state index in [1.54, 1.807) is 7.05 Å². The van der Waals surface area contributed by atoms with Gasteiger partial charge in [0.25, 0.3) is 5.56 Å². The molecule has 3 aromatic rings. The summed E-state index contributed by atoms with van der Waals surface area (Å²) in [6.07, 6.45) is 1.81. The summed E-state index contributed by atoms with van der Waals surface area (Å²) in [5.41, 5.74) is 1.45. The van der Waals surface area contributed by atoms with E-state index >= 15 is 0 Å². The zero-order valence-electron chi connectivity index (χ0n) is 15.2. The number of benzene rings is 1. The molecule has 1 fully saturated rings. The molecule has 0 saturated carbocycles. The molecule has 1 saturated heterocycles. The lowest BCUT2D eigenvalue weighted by atomic mass is 10.1. The summed E-state index contributed by atoms with van der Waals surface area (Å²) in [7, 11) is -1.50. The molecule has 1 aromatic carbocycles. The number of hydrogen-bond donors (Lipinski definition) is 0. The first-order chi connectivity index (χ1) is 13.4. The van der Waals surface area contributed by atoms with Gasteiger partial charge in [-0.05, 0) is 12.0 Å². The average Bonchev–Trinajstić information content (AvgIpc) is 3.27. The van der Waals surface area contributed by atoms with Crippen LogP contribution in [0.5, 0.6) is 0 Å². The van der Waals surface area contributed by atoms with Crippen LogP contribution in [0.3, 0.4) is 0 Å². The number of rotatable bonds is 4. The van der Waals surface area contributed by atoms with Gasteiger partial charge in [-0.15, -0.1) is 11.3 Å². The highest BCUT2D eigenvalue weighted by atomic mass is 32.2. The molecule has 3 heterocycles. The molecule has 146 valence electrons. The number of carbonyl (C=O) groups excluding carboxylic acids is 1. The molecule has 0 N–H and O–H groups in total. The molecule has 0 bridgehead atoms. The van der Waals surface area contributed by atoms with Gasteiger partial charge >= 0.3 is 0 Å². The van der Waals surface area contributed by atoms with Crippen molar-refractivity contribution in [3.8, 4) is 11.1 Å². The minimum absolute atomic E-state index is 0.0237. The number of nitrogens with zero attached hydrogens (tertiary/aromatic N) is 3. The Balaban J connectivity index is 1.64. The zero-order valence-corrected chi connectivity index (χ0v) is 16.9. The Bertz CT molecular complexity index is 1200. The monoisotopic (exact) mass is 417 g/mol. The van der Waals surface area contributed by atoms with E-state index in [9.17, 15) is 18.0 Å². The van der Waals surface area contributed by atoms with E-state index in [0.717, 1.165) is 11.1 Å². The molecular formula is C19H19N3O4S2. The molecule has 1 atom stereocenters. The van der Waals surface area contributed by atoms with Gasteiger partial charge in [0, 0.05) is 24.0 Å². The second-order valence-corrected chi connectivity index (χ2v) is 10.0. The van der Waals surface area contributed by atoms with Crippen molar-refractivity contribution >= 4 is 37.3 Å². The molecule has 0 unspecified atom stereocenters. The van der Waals surface area contributed by atoms with Crippen LogP contribution in [0.15, 0.2) is 46.8 Å². The quantitative estimate of drug-likeness (QED) is 0.645. The van der Waals surface area contributed by atoms with Crippen LogP contribution in [0.4, 0.5) is 0 Å². The molecule has 0 aliphatic carbocycles. The molecular weight excluding hydrogens is 398 g/mol. The Morgan fingerprint density at radius 2 is 2.07 bits per heavy atom. The maximum atomic E-state index is 13.0. The predicted molar refractivity (Wildman–Crippen MR) is 109 cm³/mol. The molecule has 7 nitrogen and oxygen atoms in total. The SMILES string of the molecule is CN(C(=O)Cn1cnc2scc(-c3ccccc3)c2c1=O)[C@H]1CCS(=O)(=O)C1. The van der Waals surface area contributed by atoms with E-state index in [0.29, 0.717) is 16.6 Å². The molecule has 1 aliphatic rings. The highest BCUT2D eigenvalue weighted by Gasteiger charge is 2.32. The van der Waals surface area contributed by atoms with Crippen molar-refractivity contribution in [3.05, 3.63) is 52.4 Å². The molecule has 0 spiro atoms. The van der Waals surface area contributed by atoms with E-state index < -0.39 is 9.84 Å². The average molecular weight is 418 g/mol. The van der Waals surface area contributed by atoms with E-state index in [1.807, 2.05) is 35.7 Å². The zero-order chi connectivity index (χ0) is 19.9. The Morgan fingerprint density at radius 1 is 1.32 bits per heavy atom. The first-order valence-electron chi connectivity index (χ1n) is 8.84. The summed E-state index contributed by atoms with van der Waals surface area (Å²) in [4.78, 5) is 32.1. The molecule has 0 radical (unpaired) electrons. The third-order valence-corrected chi connectivity index (χ3v) is 7.74. The van der Waals surface area contributed by atoms with Crippen LogP contribution < -0.4 is 5.56 Å². The Hall–Kier alpha value is -2.52. The summed E-state index contributed by atoms with van der Waals surface area (Å²) in [5.74, 6) is -0.232. The van der Waals surface area contributed by atoms with E-state index in [-0.39, 0.29) is 35.6 Å². The lowest BCUT2D eigenvalue weighted by Crippen LogP contribution is -2.41. The molecule has 28 heavy (non-hydrogen) atoms. The first kappa shape index (κ1) is 18.8. The Kier molecular flexibility index (Phi) is 4.80. The Labute approximate surface area is 166 Å². The van der Waals surface area contributed by atoms with Gasteiger partial charge in [0.2, 0.25) is 5.91 Å². The van der Waals surface area contributed by atoms with Crippen LogP contribution in [-0.2, 0) is 21.2 Å². The Morgan fingerprint density at radius 3 is 2.75 bits per heavy atom. The predicted octanol–water partition coefficient (Wildman–Crippen LogP) is 1.77. The number of likely N-dealkylation sites (N-methyl/N-ethyl adjacent to an activating group) is 1. The smallest absolute Gasteiger partial charge is 0.263 e. The normalized spacial score (nSPS) is 18.4. The molecule has 1 amide bonds. The minimum Gasteiger partial charge on any atom is -0.340 e. The number of amides is 1. The van der Waals surface area contributed by atoms with Gasteiger partial charge in [-0.25, -0.2) is 13.4 Å². The fraction of sp³-hybridized carbons (Fsp3) is 0.316. The standard InChI is InChI=1S/C19H19N3O4S2/c1-21(14-7-8-28(25,26)11-14)16(23)9-22-12-20-18-17(19(22)24)15(10-27-18)13-5-3-2-4-6-13/h2-6,10,12,14H,7-9,11H2,1H3/t14-/m0/s1. The summed E-state index contributed by atoms with van der Waals surface area (Å²) >= 11 is 1.39. The summed E-state index contributed by atoms with van der Waals surface area (Å²) in [5, 5.41) is 2.40. The third kappa shape index (κ3) is 3.47. The number of carbonyl (C=O) groups is 1. The van der Waals surface area contributed by atoms with Crippen molar-refractivity contribution in [1.82, 2.24) is 14.5 Å². The number of hydrogen-bond acceptors (Lipinski definition) is 6. The number of fused-ring (bicyclic) bond motifs is 1. The largest absolute Gasteiger partial charge is 0.340 e. The highest BCUT2D eigenvalue weighted by molar-refractivity contribution is 7.91. The summed E-state index contributed by atoms with van der Waals surface area (Å²) in [6, 6.07) is 9.23. The molecule has 1 aliphatic heterocycles. The van der Waals surface area contributed by atoms with Gasteiger partial charge in [0.15, 0.2) is 9.84 Å².